The topological polar surface area (TPSA) is 90.7 Å². The van der Waals surface area contributed by atoms with Gasteiger partial charge in [-0.3, -0.25) is 0 Å². The molecular weight excluding hydrogens is 210 g/mol. The molecule has 7 heteroatoms. The Morgan fingerprint density at radius 3 is 2.50 bits per heavy atom. The molecule has 0 aliphatic heterocycles. The zero-order valence-electron chi connectivity index (χ0n) is 9.41. The van der Waals surface area contributed by atoms with Gasteiger partial charge in [-0.1, -0.05) is 31.0 Å². The molecule has 2 rings (SSSR count). The van der Waals surface area contributed by atoms with Crippen molar-refractivity contribution in [2.75, 3.05) is 0 Å². The molecule has 0 aliphatic rings. The minimum atomic E-state index is 0.0348. The molecule has 0 amide bonds. The molecule has 0 saturated carbocycles. The third kappa shape index (κ3) is 2.23. The van der Waals surface area contributed by atoms with Crippen LogP contribution in [0.15, 0.2) is 9.05 Å². The normalized spacial score (nSPS) is 13.2. The highest BCUT2D eigenvalue weighted by atomic mass is 16.5. The van der Waals surface area contributed by atoms with E-state index in [0.29, 0.717) is 24.0 Å². The summed E-state index contributed by atoms with van der Waals surface area (Å²) in [4.78, 5) is 4.27. The number of hydrogen-bond acceptors (Lipinski definition) is 7. The van der Waals surface area contributed by atoms with Gasteiger partial charge in [0, 0.05) is 18.3 Å². The molecule has 0 bridgehead atoms. The summed E-state index contributed by atoms with van der Waals surface area (Å²) in [6.45, 7) is 5.95. The Balaban J connectivity index is 2.03. The lowest BCUT2D eigenvalue weighted by Gasteiger charge is -1.99. The second-order valence-corrected chi connectivity index (χ2v) is 4.01. The second-order valence-electron chi connectivity index (χ2n) is 4.01. The van der Waals surface area contributed by atoms with Gasteiger partial charge < -0.3 is 9.05 Å². The minimum Gasteiger partial charge on any atom is -0.339 e. The summed E-state index contributed by atoms with van der Waals surface area (Å²) in [5, 5.41) is 14.3. The molecule has 2 heterocycles. The van der Waals surface area contributed by atoms with Crippen LogP contribution in [0, 0.1) is 0 Å². The SMILES string of the molecule is CC(C)c1nc(CC(C)c2nnno2)no1. The van der Waals surface area contributed by atoms with Crippen LogP contribution in [0.5, 0.6) is 0 Å². The Bertz CT molecular complexity index is 436. The van der Waals surface area contributed by atoms with Crippen molar-refractivity contribution in [3.8, 4) is 0 Å². The molecule has 0 aromatic carbocycles. The van der Waals surface area contributed by atoms with Crippen molar-refractivity contribution >= 4 is 0 Å². The lowest BCUT2D eigenvalue weighted by molar-refractivity contribution is 0.338. The summed E-state index contributed by atoms with van der Waals surface area (Å²) >= 11 is 0. The van der Waals surface area contributed by atoms with Gasteiger partial charge in [-0.25, -0.2) is 0 Å². The fourth-order valence-electron chi connectivity index (χ4n) is 1.28. The Labute approximate surface area is 92.2 Å². The average molecular weight is 223 g/mol. The molecule has 2 aromatic heterocycles. The van der Waals surface area contributed by atoms with Crippen LogP contribution in [-0.2, 0) is 6.42 Å². The molecule has 1 unspecified atom stereocenters. The molecule has 86 valence electrons. The van der Waals surface area contributed by atoms with E-state index in [-0.39, 0.29) is 11.8 Å². The highest BCUT2D eigenvalue weighted by Gasteiger charge is 2.17. The summed E-state index contributed by atoms with van der Waals surface area (Å²) in [6, 6.07) is 0. The van der Waals surface area contributed by atoms with Gasteiger partial charge in [0.05, 0.1) is 5.27 Å². The number of nitrogens with zero attached hydrogens (tertiary/aromatic N) is 5. The number of rotatable bonds is 4. The average Bonchev–Trinajstić information content (AvgIpc) is 2.87. The smallest absolute Gasteiger partial charge is 0.251 e. The van der Waals surface area contributed by atoms with E-state index in [4.69, 9.17) is 9.05 Å². The first-order valence-corrected chi connectivity index (χ1v) is 5.14. The lowest BCUT2D eigenvalue weighted by Crippen LogP contribution is -2.01. The van der Waals surface area contributed by atoms with E-state index in [1.807, 2.05) is 20.8 Å². The van der Waals surface area contributed by atoms with Crippen molar-refractivity contribution < 1.29 is 9.05 Å². The maximum absolute atomic E-state index is 5.10. The summed E-state index contributed by atoms with van der Waals surface area (Å²) in [5.41, 5.74) is 0. The van der Waals surface area contributed by atoms with Gasteiger partial charge >= 0.3 is 0 Å². The molecule has 2 aromatic rings. The van der Waals surface area contributed by atoms with E-state index in [0.717, 1.165) is 0 Å². The monoisotopic (exact) mass is 223 g/mol. The van der Waals surface area contributed by atoms with Crippen LogP contribution in [0.4, 0.5) is 0 Å². The first-order valence-electron chi connectivity index (χ1n) is 5.14. The summed E-state index contributed by atoms with van der Waals surface area (Å²) in [5.74, 6) is 2.05. The van der Waals surface area contributed by atoms with Gasteiger partial charge in [0.15, 0.2) is 5.82 Å². The maximum Gasteiger partial charge on any atom is 0.251 e. The van der Waals surface area contributed by atoms with Crippen LogP contribution in [0.2, 0.25) is 0 Å². The third-order valence-electron chi connectivity index (χ3n) is 2.20. The van der Waals surface area contributed by atoms with Crippen molar-refractivity contribution in [2.24, 2.45) is 0 Å². The van der Waals surface area contributed by atoms with Crippen molar-refractivity contribution in [3.05, 3.63) is 17.6 Å². The van der Waals surface area contributed by atoms with E-state index in [1.54, 1.807) is 0 Å². The molecule has 1 atom stereocenters. The van der Waals surface area contributed by atoms with E-state index in [1.165, 1.54) is 0 Å². The first-order chi connectivity index (χ1) is 7.66. The molecule has 0 N–H and O–H groups in total. The van der Waals surface area contributed by atoms with Crippen molar-refractivity contribution in [2.45, 2.75) is 39.0 Å². The van der Waals surface area contributed by atoms with Crippen LogP contribution >= 0.6 is 0 Å². The van der Waals surface area contributed by atoms with Gasteiger partial charge in [0.1, 0.15) is 0 Å². The molecule has 0 spiro atoms. The minimum absolute atomic E-state index is 0.0348. The highest BCUT2D eigenvalue weighted by Crippen LogP contribution is 2.17. The molecule has 16 heavy (non-hydrogen) atoms. The van der Waals surface area contributed by atoms with Crippen LogP contribution in [0.3, 0.4) is 0 Å². The van der Waals surface area contributed by atoms with E-state index in [2.05, 4.69) is 25.7 Å². The van der Waals surface area contributed by atoms with E-state index < -0.39 is 0 Å². The summed E-state index contributed by atoms with van der Waals surface area (Å²) < 4.78 is 9.96. The van der Waals surface area contributed by atoms with Gasteiger partial charge in [0.25, 0.3) is 5.89 Å². The Morgan fingerprint density at radius 2 is 1.94 bits per heavy atom. The van der Waals surface area contributed by atoms with Crippen LogP contribution < -0.4 is 0 Å². The highest BCUT2D eigenvalue weighted by molar-refractivity contribution is 4.96. The maximum atomic E-state index is 5.10. The standard InChI is InChI=1S/C9H13N5O2/c1-5(2)8-10-7(12-15-8)4-6(3)9-11-13-14-16-9/h5-6H,4H2,1-3H3. The molecule has 0 radical (unpaired) electrons. The van der Waals surface area contributed by atoms with Gasteiger partial charge in [0.2, 0.25) is 5.89 Å². The Kier molecular flexibility index (Phi) is 2.93. The Hall–Kier alpha value is -1.79. The van der Waals surface area contributed by atoms with E-state index in [9.17, 15) is 0 Å². The number of aromatic nitrogens is 5. The summed E-state index contributed by atoms with van der Waals surface area (Å²) in [7, 11) is 0. The molecular formula is C9H13N5O2. The summed E-state index contributed by atoms with van der Waals surface area (Å²) in [6.07, 6.45) is 0.597. The second kappa shape index (κ2) is 4.38. The zero-order chi connectivity index (χ0) is 11.5. The molecule has 0 aliphatic carbocycles. The van der Waals surface area contributed by atoms with Crippen LogP contribution in [0.25, 0.3) is 0 Å². The van der Waals surface area contributed by atoms with Crippen molar-refractivity contribution in [3.63, 3.8) is 0 Å². The third-order valence-corrected chi connectivity index (χ3v) is 2.20. The molecule has 7 nitrogen and oxygen atoms in total. The first kappa shape index (κ1) is 10.7. The van der Waals surface area contributed by atoms with Crippen LogP contribution in [0.1, 0.15) is 50.2 Å². The van der Waals surface area contributed by atoms with Gasteiger partial charge in [-0.05, 0) is 5.21 Å². The van der Waals surface area contributed by atoms with Gasteiger partial charge in [-0.2, -0.15) is 4.98 Å². The largest absolute Gasteiger partial charge is 0.339 e. The van der Waals surface area contributed by atoms with Crippen LogP contribution in [-0.4, -0.2) is 25.7 Å². The lowest BCUT2D eigenvalue weighted by atomic mass is 10.1. The predicted molar refractivity (Wildman–Crippen MR) is 52.6 cm³/mol. The Morgan fingerprint density at radius 1 is 1.12 bits per heavy atom. The van der Waals surface area contributed by atoms with Gasteiger partial charge in [-0.15, -0.1) is 0 Å². The molecule has 0 fully saturated rings. The fourth-order valence-corrected chi connectivity index (χ4v) is 1.28. The van der Waals surface area contributed by atoms with Crippen molar-refractivity contribution in [1.29, 1.82) is 0 Å². The predicted octanol–water partition coefficient (Wildman–Crippen LogP) is 1.32. The number of hydrogen-bond donors (Lipinski definition) is 0. The van der Waals surface area contributed by atoms with Crippen molar-refractivity contribution in [1.82, 2.24) is 25.7 Å². The fraction of sp³-hybridized carbons (Fsp3) is 0.667. The molecule has 0 saturated heterocycles. The quantitative estimate of drug-likeness (QED) is 0.771. The van der Waals surface area contributed by atoms with E-state index >= 15 is 0 Å². The zero-order valence-corrected chi connectivity index (χ0v) is 9.41.